The second-order valence-electron chi connectivity index (χ2n) is 5.70. The molecule has 2 heterocycles. The highest BCUT2D eigenvalue weighted by Gasteiger charge is 2.25. The Labute approximate surface area is 167 Å². The third kappa shape index (κ3) is 3.60. The van der Waals surface area contributed by atoms with Crippen molar-refractivity contribution in [3.63, 3.8) is 0 Å². The van der Waals surface area contributed by atoms with E-state index in [9.17, 15) is 10.1 Å². The summed E-state index contributed by atoms with van der Waals surface area (Å²) in [6, 6.07) is 16.2. The molecule has 8 nitrogen and oxygen atoms in total. The first-order valence-electron chi connectivity index (χ1n) is 8.15. The van der Waals surface area contributed by atoms with Gasteiger partial charge in [-0.1, -0.05) is 34.1 Å². The van der Waals surface area contributed by atoms with Crippen LogP contribution in [-0.4, -0.2) is 19.9 Å². The molecule has 138 valence electrons. The number of aromatic nitrogens is 3. The van der Waals surface area contributed by atoms with Crippen molar-refractivity contribution in [3.8, 4) is 11.6 Å². The Morgan fingerprint density at radius 2 is 1.79 bits per heavy atom. The summed E-state index contributed by atoms with van der Waals surface area (Å²) >= 11 is 3.35. The monoisotopic (exact) mass is 437 g/mol. The summed E-state index contributed by atoms with van der Waals surface area (Å²) in [5, 5.41) is 15.5. The lowest BCUT2D eigenvalue weighted by atomic mass is 10.2. The minimum absolute atomic E-state index is 0.0329. The number of para-hydroxylation sites is 1. The van der Waals surface area contributed by atoms with E-state index in [2.05, 4.69) is 36.2 Å². The minimum Gasteiger partial charge on any atom is -0.431 e. The molecule has 0 aliphatic heterocycles. The van der Waals surface area contributed by atoms with E-state index in [-0.39, 0.29) is 17.4 Å². The summed E-state index contributed by atoms with van der Waals surface area (Å²) in [5.74, 6) is 0.234. The average molecular weight is 438 g/mol. The Hall–Kier alpha value is -3.59. The van der Waals surface area contributed by atoms with Crippen molar-refractivity contribution < 1.29 is 9.66 Å². The quantitative estimate of drug-likeness (QED) is 0.336. The van der Waals surface area contributed by atoms with Crippen molar-refractivity contribution >= 4 is 44.0 Å². The molecule has 0 aliphatic carbocycles. The summed E-state index contributed by atoms with van der Waals surface area (Å²) < 4.78 is 6.67. The molecule has 4 rings (SSSR count). The van der Waals surface area contributed by atoms with Gasteiger partial charge < -0.3 is 10.1 Å². The van der Waals surface area contributed by atoms with Crippen LogP contribution in [0.1, 0.15) is 0 Å². The van der Waals surface area contributed by atoms with E-state index in [0.29, 0.717) is 17.0 Å². The molecule has 0 amide bonds. The lowest BCUT2D eigenvalue weighted by molar-refractivity contribution is -0.385. The third-order valence-corrected chi connectivity index (χ3v) is 4.41. The third-order valence-electron chi connectivity index (χ3n) is 3.88. The SMILES string of the molecule is O=[N+]([O-])c1c(Nc2ccc(Br)cc2)ncnc1Oc1cccc2cccnc12. The lowest BCUT2D eigenvalue weighted by Gasteiger charge is -2.10. The number of hydrogen-bond acceptors (Lipinski definition) is 7. The van der Waals surface area contributed by atoms with Crippen LogP contribution in [0.15, 0.2) is 71.6 Å². The normalized spacial score (nSPS) is 10.6. The average Bonchev–Trinajstić information content (AvgIpc) is 2.70. The maximum absolute atomic E-state index is 11.7. The number of nitrogens with zero attached hydrogens (tertiary/aromatic N) is 4. The number of fused-ring (bicyclic) bond motifs is 1. The van der Waals surface area contributed by atoms with E-state index in [1.165, 1.54) is 6.33 Å². The van der Waals surface area contributed by atoms with Crippen LogP contribution in [0.4, 0.5) is 17.2 Å². The van der Waals surface area contributed by atoms with Crippen LogP contribution in [0.3, 0.4) is 0 Å². The highest BCUT2D eigenvalue weighted by molar-refractivity contribution is 9.10. The van der Waals surface area contributed by atoms with Gasteiger partial charge in [-0.25, -0.2) is 4.98 Å². The molecule has 0 saturated carbocycles. The predicted molar refractivity (Wildman–Crippen MR) is 108 cm³/mol. The molecule has 0 radical (unpaired) electrons. The standard InChI is InChI=1S/C19H12BrN5O3/c20-13-6-8-14(9-7-13)24-18-17(25(26)27)19(23-11-22-18)28-15-5-1-3-12-4-2-10-21-16(12)15/h1-11H,(H,22,23,24). The fourth-order valence-corrected chi connectivity index (χ4v) is 2.89. The van der Waals surface area contributed by atoms with E-state index in [1.54, 1.807) is 36.5 Å². The van der Waals surface area contributed by atoms with Gasteiger partial charge in [-0.05, 0) is 36.4 Å². The number of nitrogens with one attached hydrogen (secondary N) is 1. The first-order valence-corrected chi connectivity index (χ1v) is 8.95. The number of halogens is 1. The Balaban J connectivity index is 1.74. The van der Waals surface area contributed by atoms with Crippen molar-refractivity contribution in [1.82, 2.24) is 15.0 Å². The summed E-state index contributed by atoms with van der Waals surface area (Å²) in [6.45, 7) is 0. The molecule has 28 heavy (non-hydrogen) atoms. The molecule has 9 heteroatoms. The number of benzene rings is 2. The Bertz CT molecular complexity index is 1160. The molecule has 0 bridgehead atoms. The molecule has 0 spiro atoms. The van der Waals surface area contributed by atoms with Crippen LogP contribution in [-0.2, 0) is 0 Å². The topological polar surface area (TPSA) is 103 Å². The summed E-state index contributed by atoms with van der Waals surface area (Å²) in [6.07, 6.45) is 2.84. The Morgan fingerprint density at radius 3 is 2.57 bits per heavy atom. The molecule has 0 unspecified atom stereocenters. The molecule has 0 saturated heterocycles. The number of anilines is 2. The fraction of sp³-hybridized carbons (Fsp3) is 0. The van der Waals surface area contributed by atoms with Gasteiger partial charge >= 0.3 is 11.6 Å². The molecule has 0 atom stereocenters. The predicted octanol–water partition coefficient (Wildman–Crippen LogP) is 5.23. The second kappa shape index (κ2) is 7.57. The van der Waals surface area contributed by atoms with Crippen molar-refractivity contribution in [2.45, 2.75) is 0 Å². The van der Waals surface area contributed by atoms with Crippen LogP contribution in [0.25, 0.3) is 10.9 Å². The van der Waals surface area contributed by atoms with Crippen molar-refractivity contribution in [1.29, 1.82) is 0 Å². The largest absolute Gasteiger partial charge is 0.431 e. The molecule has 2 aromatic heterocycles. The molecule has 1 N–H and O–H groups in total. The molecular weight excluding hydrogens is 426 g/mol. The smallest absolute Gasteiger partial charge is 0.373 e. The molecule has 4 aromatic rings. The van der Waals surface area contributed by atoms with Crippen LogP contribution >= 0.6 is 15.9 Å². The van der Waals surface area contributed by atoms with Gasteiger partial charge in [0.15, 0.2) is 5.75 Å². The van der Waals surface area contributed by atoms with E-state index in [0.717, 1.165) is 9.86 Å². The maximum atomic E-state index is 11.7. The first kappa shape index (κ1) is 17.8. The van der Waals surface area contributed by atoms with Gasteiger partial charge in [0.2, 0.25) is 5.82 Å². The van der Waals surface area contributed by atoms with Crippen LogP contribution in [0.5, 0.6) is 11.6 Å². The van der Waals surface area contributed by atoms with Gasteiger partial charge in [-0.2, -0.15) is 4.98 Å². The highest BCUT2D eigenvalue weighted by Crippen LogP contribution is 2.37. The fourth-order valence-electron chi connectivity index (χ4n) is 2.63. The van der Waals surface area contributed by atoms with E-state index >= 15 is 0 Å². The number of hydrogen-bond donors (Lipinski definition) is 1. The van der Waals surface area contributed by atoms with Gasteiger partial charge in [-0.15, -0.1) is 0 Å². The summed E-state index contributed by atoms with van der Waals surface area (Å²) in [4.78, 5) is 23.4. The van der Waals surface area contributed by atoms with Gasteiger partial charge in [0.1, 0.15) is 11.8 Å². The molecule has 0 fully saturated rings. The zero-order chi connectivity index (χ0) is 19.5. The zero-order valence-corrected chi connectivity index (χ0v) is 15.8. The maximum Gasteiger partial charge on any atom is 0.373 e. The number of rotatable bonds is 5. The van der Waals surface area contributed by atoms with E-state index in [4.69, 9.17) is 4.74 Å². The molecule has 0 aliphatic rings. The molecular formula is C19H12BrN5O3. The van der Waals surface area contributed by atoms with Crippen LogP contribution < -0.4 is 10.1 Å². The number of pyridine rings is 1. The van der Waals surface area contributed by atoms with Crippen LogP contribution in [0.2, 0.25) is 0 Å². The summed E-state index contributed by atoms with van der Waals surface area (Å²) in [7, 11) is 0. The van der Waals surface area contributed by atoms with E-state index in [1.807, 2.05) is 24.3 Å². The lowest BCUT2D eigenvalue weighted by Crippen LogP contribution is -2.03. The van der Waals surface area contributed by atoms with Gasteiger partial charge in [0.25, 0.3) is 0 Å². The second-order valence-corrected chi connectivity index (χ2v) is 6.61. The Kier molecular flexibility index (Phi) is 4.81. The van der Waals surface area contributed by atoms with Gasteiger partial charge in [-0.3, -0.25) is 15.1 Å². The zero-order valence-electron chi connectivity index (χ0n) is 14.2. The minimum atomic E-state index is -0.574. The van der Waals surface area contributed by atoms with Crippen LogP contribution in [0, 0.1) is 10.1 Å². The Morgan fingerprint density at radius 1 is 1.00 bits per heavy atom. The van der Waals surface area contributed by atoms with Crippen molar-refractivity contribution in [3.05, 3.63) is 81.7 Å². The van der Waals surface area contributed by atoms with Crippen molar-refractivity contribution in [2.24, 2.45) is 0 Å². The van der Waals surface area contributed by atoms with E-state index < -0.39 is 4.92 Å². The number of nitro groups is 1. The number of ether oxygens (including phenoxy) is 1. The first-order chi connectivity index (χ1) is 13.6. The van der Waals surface area contributed by atoms with Gasteiger partial charge in [0.05, 0.1) is 4.92 Å². The molecule has 2 aromatic carbocycles. The summed E-state index contributed by atoms with van der Waals surface area (Å²) in [5.41, 5.74) is 0.862. The highest BCUT2D eigenvalue weighted by atomic mass is 79.9. The van der Waals surface area contributed by atoms with Crippen molar-refractivity contribution in [2.75, 3.05) is 5.32 Å². The van der Waals surface area contributed by atoms with Gasteiger partial charge in [0, 0.05) is 21.7 Å².